The summed E-state index contributed by atoms with van der Waals surface area (Å²) in [6.07, 6.45) is 2.70. The van der Waals surface area contributed by atoms with Gasteiger partial charge in [-0.1, -0.05) is 24.3 Å². The highest BCUT2D eigenvalue weighted by atomic mass is 15.2. The van der Waals surface area contributed by atoms with Crippen LogP contribution in [0.15, 0.2) is 29.3 Å². The smallest absolute Gasteiger partial charge is 0.191 e. The first-order chi connectivity index (χ1) is 10.6. The second-order valence-corrected chi connectivity index (χ2v) is 6.25. The van der Waals surface area contributed by atoms with Crippen molar-refractivity contribution in [2.24, 2.45) is 4.99 Å². The summed E-state index contributed by atoms with van der Waals surface area (Å²) in [5.41, 5.74) is 2.58. The lowest BCUT2D eigenvalue weighted by atomic mass is 10.1. The number of aryl methyl sites for hydroxylation is 1. The minimum absolute atomic E-state index is 0.523. The Morgan fingerprint density at radius 2 is 2.05 bits per heavy atom. The predicted molar refractivity (Wildman–Crippen MR) is 94.2 cm³/mol. The Hall–Kier alpha value is -1.55. The van der Waals surface area contributed by atoms with E-state index in [0.717, 1.165) is 31.6 Å². The van der Waals surface area contributed by atoms with E-state index in [-0.39, 0.29) is 0 Å². The van der Waals surface area contributed by atoms with Gasteiger partial charge < -0.3 is 10.6 Å². The van der Waals surface area contributed by atoms with Crippen LogP contribution >= 0.6 is 0 Å². The van der Waals surface area contributed by atoms with E-state index in [1.165, 1.54) is 24.0 Å². The Morgan fingerprint density at radius 1 is 1.32 bits per heavy atom. The molecule has 122 valence electrons. The van der Waals surface area contributed by atoms with Gasteiger partial charge in [-0.15, -0.1) is 0 Å². The zero-order chi connectivity index (χ0) is 15.9. The van der Waals surface area contributed by atoms with Gasteiger partial charge in [0.15, 0.2) is 5.96 Å². The van der Waals surface area contributed by atoms with Crippen molar-refractivity contribution in [1.29, 1.82) is 0 Å². The van der Waals surface area contributed by atoms with Crippen LogP contribution in [0.3, 0.4) is 0 Å². The van der Waals surface area contributed by atoms with Gasteiger partial charge in [-0.25, -0.2) is 4.99 Å². The molecule has 1 aromatic rings. The van der Waals surface area contributed by atoms with Gasteiger partial charge in [0, 0.05) is 25.2 Å². The monoisotopic (exact) mass is 302 g/mol. The Balaban J connectivity index is 1.88. The second-order valence-electron chi connectivity index (χ2n) is 6.25. The molecule has 0 amide bonds. The zero-order valence-corrected chi connectivity index (χ0v) is 14.4. The highest BCUT2D eigenvalue weighted by Gasteiger charge is 2.28. The molecule has 4 nitrogen and oxygen atoms in total. The van der Waals surface area contributed by atoms with Crippen molar-refractivity contribution in [3.63, 3.8) is 0 Å². The fourth-order valence-corrected chi connectivity index (χ4v) is 2.52. The third-order valence-electron chi connectivity index (χ3n) is 4.40. The zero-order valence-electron chi connectivity index (χ0n) is 14.4. The predicted octanol–water partition coefficient (Wildman–Crippen LogP) is 2.53. The minimum atomic E-state index is 0.523. The maximum absolute atomic E-state index is 4.71. The Kier molecular flexibility index (Phi) is 6.25. The molecule has 2 N–H and O–H groups in total. The van der Waals surface area contributed by atoms with Crippen LogP contribution in [0.4, 0.5) is 0 Å². The molecule has 1 aliphatic rings. The summed E-state index contributed by atoms with van der Waals surface area (Å²) in [6, 6.07) is 9.74. The van der Waals surface area contributed by atoms with E-state index >= 15 is 0 Å². The fraction of sp³-hybridized carbons (Fsp3) is 0.611. The summed E-state index contributed by atoms with van der Waals surface area (Å²) in [5.74, 6) is 0.904. The Bertz CT molecular complexity index is 494. The molecule has 1 atom stereocenters. The van der Waals surface area contributed by atoms with Crippen molar-refractivity contribution < 1.29 is 0 Å². The molecular formula is C18H30N4. The number of nitrogens with one attached hydrogen (secondary N) is 2. The molecule has 0 bridgehead atoms. The number of benzene rings is 1. The third kappa shape index (κ3) is 5.02. The molecule has 0 saturated heterocycles. The first-order valence-electron chi connectivity index (χ1n) is 8.40. The van der Waals surface area contributed by atoms with Crippen molar-refractivity contribution in [1.82, 2.24) is 15.5 Å². The van der Waals surface area contributed by atoms with Crippen molar-refractivity contribution in [2.45, 2.75) is 52.2 Å². The number of hydrogen-bond donors (Lipinski definition) is 2. The van der Waals surface area contributed by atoms with Crippen LogP contribution in [0, 0.1) is 6.92 Å². The minimum Gasteiger partial charge on any atom is -0.357 e. The number of nitrogens with zero attached hydrogens (tertiary/aromatic N) is 2. The molecule has 22 heavy (non-hydrogen) atoms. The number of rotatable bonds is 7. The van der Waals surface area contributed by atoms with Crippen LogP contribution in [-0.2, 0) is 6.54 Å². The molecule has 0 heterocycles. The van der Waals surface area contributed by atoms with Gasteiger partial charge in [0.05, 0.1) is 6.54 Å². The molecule has 0 aliphatic heterocycles. The van der Waals surface area contributed by atoms with Crippen LogP contribution < -0.4 is 10.6 Å². The topological polar surface area (TPSA) is 39.7 Å². The summed E-state index contributed by atoms with van der Waals surface area (Å²) >= 11 is 0. The molecule has 0 radical (unpaired) electrons. The van der Waals surface area contributed by atoms with E-state index in [1.807, 2.05) is 0 Å². The van der Waals surface area contributed by atoms with Gasteiger partial charge in [-0.2, -0.15) is 0 Å². The standard InChI is InChI=1S/C18H30N4/c1-5-19-18(20-12-15(3)22(4)17-10-11-17)21-13-16-9-7-6-8-14(16)2/h6-9,15,17H,5,10-13H2,1-4H3,(H2,19,20,21). The quantitative estimate of drug-likeness (QED) is 0.600. The first-order valence-corrected chi connectivity index (χ1v) is 8.40. The summed E-state index contributed by atoms with van der Waals surface area (Å²) in [4.78, 5) is 7.18. The Morgan fingerprint density at radius 3 is 2.68 bits per heavy atom. The van der Waals surface area contributed by atoms with Gasteiger partial charge in [0.1, 0.15) is 0 Å². The largest absolute Gasteiger partial charge is 0.357 e. The van der Waals surface area contributed by atoms with E-state index in [2.05, 4.69) is 67.6 Å². The van der Waals surface area contributed by atoms with E-state index in [1.54, 1.807) is 0 Å². The molecule has 1 aromatic carbocycles. The second kappa shape index (κ2) is 8.18. The molecule has 4 heteroatoms. The summed E-state index contributed by atoms with van der Waals surface area (Å²) < 4.78 is 0. The lowest BCUT2D eigenvalue weighted by molar-refractivity contribution is 0.247. The summed E-state index contributed by atoms with van der Waals surface area (Å²) in [5, 5.41) is 6.80. The normalized spacial score (nSPS) is 16.7. The van der Waals surface area contributed by atoms with Crippen molar-refractivity contribution >= 4 is 5.96 Å². The van der Waals surface area contributed by atoms with Gasteiger partial charge in [0.2, 0.25) is 0 Å². The number of aliphatic imine (C=N–C) groups is 1. The number of hydrogen-bond acceptors (Lipinski definition) is 2. The summed E-state index contributed by atoms with van der Waals surface area (Å²) in [6.45, 7) is 9.03. The van der Waals surface area contributed by atoms with Crippen LogP contribution in [0.5, 0.6) is 0 Å². The SMILES string of the molecule is CCNC(=NCc1ccccc1C)NCC(C)N(C)C1CC1. The van der Waals surface area contributed by atoms with Crippen molar-refractivity contribution in [3.05, 3.63) is 35.4 Å². The van der Waals surface area contributed by atoms with Crippen LogP contribution in [0.2, 0.25) is 0 Å². The van der Waals surface area contributed by atoms with E-state index < -0.39 is 0 Å². The maximum Gasteiger partial charge on any atom is 0.191 e. The molecule has 0 spiro atoms. The maximum atomic E-state index is 4.71. The average Bonchev–Trinajstić information content (AvgIpc) is 3.35. The number of likely N-dealkylation sites (N-methyl/N-ethyl adjacent to an activating group) is 1. The van der Waals surface area contributed by atoms with Gasteiger partial charge in [-0.3, -0.25) is 4.90 Å². The number of guanidine groups is 1. The van der Waals surface area contributed by atoms with Crippen LogP contribution in [-0.4, -0.2) is 43.1 Å². The highest BCUT2D eigenvalue weighted by Crippen LogP contribution is 2.26. The van der Waals surface area contributed by atoms with Gasteiger partial charge >= 0.3 is 0 Å². The van der Waals surface area contributed by atoms with E-state index in [9.17, 15) is 0 Å². The van der Waals surface area contributed by atoms with Crippen LogP contribution in [0.1, 0.15) is 37.8 Å². The lowest BCUT2D eigenvalue weighted by Crippen LogP contribution is -2.45. The van der Waals surface area contributed by atoms with Crippen molar-refractivity contribution in [2.75, 3.05) is 20.1 Å². The highest BCUT2D eigenvalue weighted by molar-refractivity contribution is 5.79. The summed E-state index contributed by atoms with van der Waals surface area (Å²) in [7, 11) is 2.22. The first kappa shape index (κ1) is 16.8. The molecular weight excluding hydrogens is 272 g/mol. The molecule has 2 rings (SSSR count). The third-order valence-corrected chi connectivity index (χ3v) is 4.40. The Labute approximate surface area is 135 Å². The van der Waals surface area contributed by atoms with E-state index in [0.29, 0.717) is 6.04 Å². The van der Waals surface area contributed by atoms with E-state index in [4.69, 9.17) is 4.99 Å². The lowest BCUT2D eigenvalue weighted by Gasteiger charge is -2.25. The van der Waals surface area contributed by atoms with Crippen molar-refractivity contribution in [3.8, 4) is 0 Å². The fourth-order valence-electron chi connectivity index (χ4n) is 2.52. The van der Waals surface area contributed by atoms with Gasteiger partial charge in [-0.05, 0) is 51.8 Å². The molecule has 1 unspecified atom stereocenters. The molecule has 1 aliphatic carbocycles. The molecule has 0 aromatic heterocycles. The molecule has 1 saturated carbocycles. The van der Waals surface area contributed by atoms with Gasteiger partial charge in [0.25, 0.3) is 0 Å². The molecule has 1 fully saturated rings. The van der Waals surface area contributed by atoms with Crippen LogP contribution in [0.25, 0.3) is 0 Å². The average molecular weight is 302 g/mol.